The van der Waals surface area contributed by atoms with Crippen molar-refractivity contribution in [3.63, 3.8) is 0 Å². The molecule has 1 unspecified atom stereocenters. The summed E-state index contributed by atoms with van der Waals surface area (Å²) in [5.74, 6) is -0.220. The van der Waals surface area contributed by atoms with Crippen LogP contribution in [-0.2, 0) is 14.3 Å². The zero-order valence-corrected chi connectivity index (χ0v) is 13.2. The van der Waals surface area contributed by atoms with Crippen molar-refractivity contribution in [1.29, 1.82) is 0 Å². The van der Waals surface area contributed by atoms with Gasteiger partial charge >= 0.3 is 12.1 Å². The molecule has 0 saturated carbocycles. The van der Waals surface area contributed by atoms with E-state index >= 15 is 0 Å². The molecule has 0 heterocycles. The Bertz CT molecular complexity index is 331. The molecule has 0 aromatic heterocycles. The van der Waals surface area contributed by atoms with Crippen LogP contribution in [0.2, 0.25) is 0 Å². The Labute approximate surface area is 121 Å². The first-order valence-corrected chi connectivity index (χ1v) is 6.86. The van der Waals surface area contributed by atoms with Crippen LogP contribution in [0.4, 0.5) is 4.79 Å². The Balaban J connectivity index is 4.34. The van der Waals surface area contributed by atoms with Crippen molar-refractivity contribution in [1.82, 2.24) is 5.32 Å². The molecule has 0 rings (SSSR count). The monoisotopic (exact) mass is 285 g/mol. The summed E-state index contributed by atoms with van der Waals surface area (Å²) in [7, 11) is 0. The number of rotatable bonds is 7. The maximum atomic E-state index is 11.8. The van der Waals surface area contributed by atoms with Crippen molar-refractivity contribution < 1.29 is 19.1 Å². The van der Waals surface area contributed by atoms with Gasteiger partial charge in [-0.05, 0) is 17.8 Å². The van der Waals surface area contributed by atoms with Gasteiger partial charge in [0.2, 0.25) is 0 Å². The SMILES string of the molecule is C=CCC(NC(=O)OCC(C)(C)C)C(=O)OCC(C)C. The second-order valence-electron chi connectivity index (χ2n) is 6.38. The lowest BCUT2D eigenvalue weighted by molar-refractivity contribution is -0.147. The molecule has 0 spiro atoms. The zero-order valence-electron chi connectivity index (χ0n) is 13.2. The van der Waals surface area contributed by atoms with E-state index in [2.05, 4.69) is 11.9 Å². The summed E-state index contributed by atoms with van der Waals surface area (Å²) in [4.78, 5) is 23.5. The number of alkyl carbamates (subject to hydrolysis) is 1. The van der Waals surface area contributed by atoms with E-state index in [0.29, 0.717) is 13.0 Å². The van der Waals surface area contributed by atoms with Gasteiger partial charge in [0.05, 0.1) is 13.2 Å². The molecule has 0 saturated heterocycles. The smallest absolute Gasteiger partial charge is 0.407 e. The predicted molar refractivity (Wildman–Crippen MR) is 78.3 cm³/mol. The van der Waals surface area contributed by atoms with Gasteiger partial charge in [-0.25, -0.2) is 9.59 Å². The van der Waals surface area contributed by atoms with E-state index in [9.17, 15) is 9.59 Å². The highest BCUT2D eigenvalue weighted by Crippen LogP contribution is 2.13. The van der Waals surface area contributed by atoms with Crippen molar-refractivity contribution in [2.45, 2.75) is 47.1 Å². The lowest BCUT2D eigenvalue weighted by atomic mass is 9.99. The van der Waals surface area contributed by atoms with Crippen molar-refractivity contribution in [2.24, 2.45) is 11.3 Å². The van der Waals surface area contributed by atoms with Gasteiger partial charge in [-0.15, -0.1) is 6.58 Å². The average Bonchev–Trinajstić information content (AvgIpc) is 2.32. The van der Waals surface area contributed by atoms with E-state index in [4.69, 9.17) is 9.47 Å². The van der Waals surface area contributed by atoms with E-state index in [0.717, 1.165) is 0 Å². The van der Waals surface area contributed by atoms with E-state index < -0.39 is 18.1 Å². The minimum atomic E-state index is -0.751. The van der Waals surface area contributed by atoms with Gasteiger partial charge < -0.3 is 14.8 Å². The summed E-state index contributed by atoms with van der Waals surface area (Å²) in [6.45, 7) is 13.9. The molecule has 0 aliphatic carbocycles. The number of nitrogens with one attached hydrogen (secondary N) is 1. The highest BCUT2D eigenvalue weighted by Gasteiger charge is 2.23. The van der Waals surface area contributed by atoms with Crippen LogP contribution in [0, 0.1) is 11.3 Å². The lowest BCUT2D eigenvalue weighted by Gasteiger charge is -2.20. The summed E-state index contributed by atoms with van der Waals surface area (Å²) in [5.41, 5.74) is -0.122. The van der Waals surface area contributed by atoms with Gasteiger partial charge in [0.15, 0.2) is 0 Å². The third kappa shape index (κ3) is 9.42. The normalized spacial score (nSPS) is 12.7. The van der Waals surface area contributed by atoms with E-state index in [1.807, 2.05) is 34.6 Å². The molecule has 5 heteroatoms. The largest absolute Gasteiger partial charge is 0.464 e. The topological polar surface area (TPSA) is 64.6 Å². The Morgan fingerprint density at radius 2 is 1.85 bits per heavy atom. The predicted octanol–water partition coefficient (Wildman–Crippen LogP) is 2.90. The van der Waals surface area contributed by atoms with Crippen LogP contribution in [0.3, 0.4) is 0 Å². The lowest BCUT2D eigenvalue weighted by Crippen LogP contribution is -2.42. The van der Waals surface area contributed by atoms with E-state index in [1.54, 1.807) is 6.08 Å². The second kappa shape index (κ2) is 8.61. The minimum Gasteiger partial charge on any atom is -0.464 e. The third-order valence-corrected chi connectivity index (χ3v) is 2.17. The molecule has 0 aromatic carbocycles. The van der Waals surface area contributed by atoms with Crippen LogP contribution in [0.5, 0.6) is 0 Å². The molecule has 1 amide bonds. The molecule has 1 N–H and O–H groups in total. The molecule has 0 bridgehead atoms. The number of carbonyl (C=O) groups is 2. The zero-order chi connectivity index (χ0) is 15.8. The molecule has 0 fully saturated rings. The highest BCUT2D eigenvalue weighted by atomic mass is 16.6. The number of amides is 1. The molecule has 20 heavy (non-hydrogen) atoms. The van der Waals surface area contributed by atoms with Gasteiger partial charge in [-0.1, -0.05) is 40.7 Å². The molecule has 0 aliphatic heterocycles. The number of carbonyl (C=O) groups excluding carboxylic acids is 2. The molecule has 5 nitrogen and oxygen atoms in total. The summed E-state index contributed by atoms with van der Waals surface area (Å²) >= 11 is 0. The number of ether oxygens (including phenoxy) is 2. The molecule has 116 valence electrons. The summed E-state index contributed by atoms with van der Waals surface area (Å²) in [5, 5.41) is 2.51. The number of hydrogen-bond acceptors (Lipinski definition) is 4. The number of hydrogen-bond donors (Lipinski definition) is 1. The van der Waals surface area contributed by atoms with Crippen LogP contribution in [0.15, 0.2) is 12.7 Å². The maximum Gasteiger partial charge on any atom is 0.407 e. The molecule has 0 aromatic rings. The molecule has 0 radical (unpaired) electrons. The van der Waals surface area contributed by atoms with Gasteiger partial charge in [-0.2, -0.15) is 0 Å². The fraction of sp³-hybridized carbons (Fsp3) is 0.733. The summed E-state index contributed by atoms with van der Waals surface area (Å²) < 4.78 is 10.2. The Kier molecular flexibility index (Phi) is 7.96. The molecule has 1 atom stereocenters. The summed E-state index contributed by atoms with van der Waals surface area (Å²) in [6.07, 6.45) is 1.25. The fourth-order valence-corrected chi connectivity index (χ4v) is 1.20. The van der Waals surface area contributed by atoms with E-state index in [1.165, 1.54) is 0 Å². The molecule has 0 aliphatic rings. The van der Waals surface area contributed by atoms with Crippen molar-refractivity contribution >= 4 is 12.1 Å². The molecular formula is C15H27NO4. The van der Waals surface area contributed by atoms with Crippen molar-refractivity contribution in [2.75, 3.05) is 13.2 Å². The maximum absolute atomic E-state index is 11.8. The van der Waals surface area contributed by atoms with Gasteiger partial charge in [0, 0.05) is 0 Å². The van der Waals surface area contributed by atoms with Crippen LogP contribution in [0.1, 0.15) is 41.0 Å². The van der Waals surface area contributed by atoms with Crippen LogP contribution < -0.4 is 5.32 Å². The van der Waals surface area contributed by atoms with Crippen molar-refractivity contribution in [3.05, 3.63) is 12.7 Å². The average molecular weight is 285 g/mol. The first-order valence-electron chi connectivity index (χ1n) is 6.86. The van der Waals surface area contributed by atoms with Crippen molar-refractivity contribution in [3.8, 4) is 0 Å². The standard InChI is InChI=1S/C15H27NO4/c1-7-8-12(13(17)19-9-11(2)3)16-14(18)20-10-15(4,5)6/h7,11-12H,1,8-10H2,2-6H3,(H,16,18). The van der Waals surface area contributed by atoms with Gasteiger partial charge in [0.25, 0.3) is 0 Å². The third-order valence-electron chi connectivity index (χ3n) is 2.17. The van der Waals surface area contributed by atoms with Gasteiger partial charge in [0.1, 0.15) is 6.04 Å². The second-order valence-corrected chi connectivity index (χ2v) is 6.38. The van der Waals surface area contributed by atoms with E-state index in [-0.39, 0.29) is 17.9 Å². The fourth-order valence-electron chi connectivity index (χ4n) is 1.20. The first kappa shape index (κ1) is 18.5. The highest BCUT2D eigenvalue weighted by molar-refractivity contribution is 5.81. The van der Waals surface area contributed by atoms with Crippen LogP contribution in [0.25, 0.3) is 0 Å². The van der Waals surface area contributed by atoms with Crippen LogP contribution >= 0.6 is 0 Å². The summed E-state index contributed by atoms with van der Waals surface area (Å²) in [6, 6.07) is -0.751. The number of esters is 1. The van der Waals surface area contributed by atoms with Gasteiger partial charge in [-0.3, -0.25) is 0 Å². The van der Waals surface area contributed by atoms with Crippen LogP contribution in [-0.4, -0.2) is 31.3 Å². The quantitative estimate of drug-likeness (QED) is 0.577. The Morgan fingerprint density at radius 1 is 1.25 bits per heavy atom. The Morgan fingerprint density at radius 3 is 2.30 bits per heavy atom. The minimum absolute atomic E-state index is 0.122. The Hall–Kier alpha value is -1.52. The molecular weight excluding hydrogens is 258 g/mol. The first-order chi connectivity index (χ1) is 9.15.